The molecule has 0 amide bonds. The van der Waals surface area contributed by atoms with Crippen LogP contribution in [0.3, 0.4) is 0 Å². The summed E-state index contributed by atoms with van der Waals surface area (Å²) in [7, 11) is 0. The first-order valence-corrected chi connectivity index (χ1v) is 3.83. The van der Waals surface area contributed by atoms with Crippen LogP contribution in [-0.2, 0) is 9.59 Å². The van der Waals surface area contributed by atoms with Crippen molar-refractivity contribution >= 4 is 11.6 Å². The van der Waals surface area contributed by atoms with Gasteiger partial charge in [0.05, 0.1) is 0 Å². The Balaban J connectivity index is 2.22. The molecule has 0 radical (unpaired) electrons. The van der Waals surface area contributed by atoms with Crippen LogP contribution in [0, 0.1) is 11.8 Å². The molecule has 2 atom stereocenters. The van der Waals surface area contributed by atoms with Gasteiger partial charge in [0.2, 0.25) is 0 Å². The van der Waals surface area contributed by atoms with Gasteiger partial charge in [0.1, 0.15) is 11.6 Å². The number of carbonyl (C=O) groups is 2. The lowest BCUT2D eigenvalue weighted by Gasteiger charge is -2.14. The van der Waals surface area contributed by atoms with Crippen molar-refractivity contribution in [3.8, 4) is 0 Å². The zero-order valence-corrected chi connectivity index (χ0v) is 5.80. The van der Waals surface area contributed by atoms with E-state index in [1.807, 2.05) is 0 Å². The maximum absolute atomic E-state index is 11.0. The third-order valence-corrected chi connectivity index (χ3v) is 2.67. The van der Waals surface area contributed by atoms with Crippen molar-refractivity contribution in [2.24, 2.45) is 11.8 Å². The van der Waals surface area contributed by atoms with Crippen molar-refractivity contribution in [1.29, 1.82) is 0 Å². The minimum atomic E-state index is 0.117. The van der Waals surface area contributed by atoms with Gasteiger partial charge in [-0.25, -0.2) is 0 Å². The Hall–Kier alpha value is -0.660. The summed E-state index contributed by atoms with van der Waals surface area (Å²) < 4.78 is 0. The Morgan fingerprint density at radius 3 is 2.60 bits per heavy atom. The van der Waals surface area contributed by atoms with Crippen molar-refractivity contribution in [2.45, 2.75) is 25.7 Å². The zero-order chi connectivity index (χ0) is 7.14. The molecule has 2 nitrogen and oxygen atoms in total. The molecule has 0 N–H and O–H groups in total. The molecule has 0 unspecified atom stereocenters. The van der Waals surface area contributed by atoms with Crippen LogP contribution < -0.4 is 0 Å². The summed E-state index contributed by atoms with van der Waals surface area (Å²) in [6, 6.07) is 0. The second kappa shape index (κ2) is 1.91. The van der Waals surface area contributed by atoms with Gasteiger partial charge in [-0.2, -0.15) is 0 Å². The van der Waals surface area contributed by atoms with Crippen molar-refractivity contribution in [1.82, 2.24) is 0 Å². The Morgan fingerprint density at radius 1 is 1.10 bits per heavy atom. The topological polar surface area (TPSA) is 34.1 Å². The van der Waals surface area contributed by atoms with Gasteiger partial charge in [-0.1, -0.05) is 0 Å². The number of fused-ring (bicyclic) bond motifs is 2. The fraction of sp³-hybridized carbons (Fsp3) is 0.750. The first-order valence-electron chi connectivity index (χ1n) is 3.83. The molecule has 2 saturated carbocycles. The van der Waals surface area contributed by atoms with E-state index in [9.17, 15) is 9.59 Å². The minimum Gasteiger partial charge on any atom is -0.299 e. The van der Waals surface area contributed by atoms with Gasteiger partial charge in [0, 0.05) is 24.7 Å². The zero-order valence-electron chi connectivity index (χ0n) is 5.80. The fourth-order valence-corrected chi connectivity index (χ4v) is 2.01. The first kappa shape index (κ1) is 6.08. The molecule has 0 aliphatic heterocycles. The second-order valence-corrected chi connectivity index (χ2v) is 3.30. The molecule has 0 saturated heterocycles. The molecule has 2 aliphatic carbocycles. The lowest BCUT2D eigenvalue weighted by Crippen LogP contribution is -2.17. The van der Waals surface area contributed by atoms with Gasteiger partial charge in [-0.05, 0) is 12.8 Å². The lowest BCUT2D eigenvalue weighted by atomic mass is 9.88. The van der Waals surface area contributed by atoms with Crippen LogP contribution >= 0.6 is 0 Å². The molecule has 54 valence electrons. The largest absolute Gasteiger partial charge is 0.299 e. The Labute approximate surface area is 59.6 Å². The molecule has 2 aliphatic rings. The van der Waals surface area contributed by atoms with Crippen LogP contribution in [0.15, 0.2) is 0 Å². The van der Waals surface area contributed by atoms with Gasteiger partial charge in [0.15, 0.2) is 0 Å². The van der Waals surface area contributed by atoms with Crippen molar-refractivity contribution in [3.63, 3.8) is 0 Å². The molecule has 10 heavy (non-hydrogen) atoms. The summed E-state index contributed by atoms with van der Waals surface area (Å²) in [5.41, 5.74) is 0. The third kappa shape index (κ3) is 0.713. The van der Waals surface area contributed by atoms with E-state index in [0.29, 0.717) is 24.4 Å². The summed E-state index contributed by atoms with van der Waals surface area (Å²) in [6.07, 6.45) is 2.89. The third-order valence-electron chi connectivity index (χ3n) is 2.67. The summed E-state index contributed by atoms with van der Waals surface area (Å²) >= 11 is 0. The van der Waals surface area contributed by atoms with Crippen molar-refractivity contribution < 1.29 is 9.59 Å². The van der Waals surface area contributed by atoms with Crippen LogP contribution in [0.25, 0.3) is 0 Å². The van der Waals surface area contributed by atoms with Crippen LogP contribution in [0.4, 0.5) is 0 Å². The molecule has 0 spiro atoms. The van der Waals surface area contributed by atoms with Crippen molar-refractivity contribution in [3.05, 3.63) is 0 Å². The Kier molecular flexibility index (Phi) is 1.16. The van der Waals surface area contributed by atoms with Gasteiger partial charge in [-0.15, -0.1) is 0 Å². The maximum Gasteiger partial charge on any atom is 0.136 e. The SMILES string of the molecule is O=C1C[C@@H]2C[C@H]1CCC2=O. The number of hydrogen-bond acceptors (Lipinski definition) is 2. The molecule has 0 aromatic carbocycles. The highest BCUT2D eigenvalue weighted by atomic mass is 16.1. The molecule has 2 rings (SSSR count). The molecule has 2 heteroatoms. The molecule has 0 aromatic heterocycles. The summed E-state index contributed by atoms with van der Waals surface area (Å²) in [5.74, 6) is 1.02. The summed E-state index contributed by atoms with van der Waals surface area (Å²) in [6.45, 7) is 0. The van der Waals surface area contributed by atoms with E-state index < -0.39 is 0 Å². The normalized spacial score (nSPS) is 38.8. The van der Waals surface area contributed by atoms with Crippen LogP contribution in [0.1, 0.15) is 25.7 Å². The monoisotopic (exact) mass is 138 g/mol. The summed E-state index contributed by atoms with van der Waals surface area (Å²) in [4.78, 5) is 22.1. The molecule has 2 fully saturated rings. The lowest BCUT2D eigenvalue weighted by molar-refractivity contribution is -0.124. The Bertz CT molecular complexity index is 193. The molecule has 2 bridgehead atoms. The van der Waals surface area contributed by atoms with E-state index in [-0.39, 0.29) is 11.8 Å². The first-order chi connectivity index (χ1) is 4.77. The number of ketones is 2. The maximum atomic E-state index is 11.0. The predicted molar refractivity (Wildman–Crippen MR) is 35.5 cm³/mol. The summed E-state index contributed by atoms with van der Waals surface area (Å²) in [5, 5.41) is 0. The molecular weight excluding hydrogens is 128 g/mol. The number of carbonyl (C=O) groups excluding carboxylic acids is 2. The van der Waals surface area contributed by atoms with E-state index in [4.69, 9.17) is 0 Å². The molecule has 0 heterocycles. The smallest absolute Gasteiger partial charge is 0.136 e. The van der Waals surface area contributed by atoms with Gasteiger partial charge in [-0.3, -0.25) is 9.59 Å². The molecule has 0 aromatic rings. The number of Topliss-reactive ketones (excluding diaryl/α,β-unsaturated/α-hetero) is 2. The second-order valence-electron chi connectivity index (χ2n) is 3.30. The fourth-order valence-electron chi connectivity index (χ4n) is 2.01. The highest BCUT2D eigenvalue weighted by molar-refractivity contribution is 5.94. The number of rotatable bonds is 0. The number of hydrogen-bond donors (Lipinski definition) is 0. The van der Waals surface area contributed by atoms with E-state index >= 15 is 0 Å². The van der Waals surface area contributed by atoms with Crippen LogP contribution in [-0.4, -0.2) is 11.6 Å². The average Bonchev–Trinajstić information content (AvgIpc) is 2.21. The van der Waals surface area contributed by atoms with Crippen molar-refractivity contribution in [2.75, 3.05) is 0 Å². The Morgan fingerprint density at radius 2 is 1.90 bits per heavy atom. The highest BCUT2D eigenvalue weighted by Crippen LogP contribution is 2.37. The van der Waals surface area contributed by atoms with Crippen LogP contribution in [0.2, 0.25) is 0 Å². The van der Waals surface area contributed by atoms with Gasteiger partial charge >= 0.3 is 0 Å². The standard InChI is InChI=1S/C8H10O2/c9-7-2-1-5-3-6(7)4-8(5)10/h5-6H,1-4H2/t5-,6+/m1/s1. The van der Waals surface area contributed by atoms with E-state index in [2.05, 4.69) is 0 Å². The van der Waals surface area contributed by atoms with Crippen LogP contribution in [0.5, 0.6) is 0 Å². The predicted octanol–water partition coefficient (Wildman–Crippen LogP) is 0.945. The van der Waals surface area contributed by atoms with E-state index in [1.54, 1.807) is 0 Å². The van der Waals surface area contributed by atoms with Gasteiger partial charge < -0.3 is 0 Å². The van der Waals surface area contributed by atoms with Gasteiger partial charge in [0.25, 0.3) is 0 Å². The highest BCUT2D eigenvalue weighted by Gasteiger charge is 2.39. The average molecular weight is 138 g/mol. The minimum absolute atomic E-state index is 0.117. The molecular formula is C8H10O2. The van der Waals surface area contributed by atoms with E-state index in [0.717, 1.165) is 12.8 Å². The quantitative estimate of drug-likeness (QED) is 0.499. The van der Waals surface area contributed by atoms with E-state index in [1.165, 1.54) is 0 Å².